The van der Waals surface area contributed by atoms with Gasteiger partial charge in [0.1, 0.15) is 5.82 Å². The molecule has 0 spiro atoms. The maximum Gasteiger partial charge on any atom is 0.249 e. The molecule has 1 aromatic heterocycles. The van der Waals surface area contributed by atoms with E-state index in [2.05, 4.69) is 22.8 Å². The minimum atomic E-state index is -0.530. The van der Waals surface area contributed by atoms with E-state index in [-0.39, 0.29) is 0 Å². The summed E-state index contributed by atoms with van der Waals surface area (Å²) in [5.41, 5.74) is 9.89. The van der Waals surface area contributed by atoms with Crippen molar-refractivity contribution in [3.05, 3.63) is 83.2 Å². The van der Waals surface area contributed by atoms with Gasteiger partial charge in [-0.15, -0.1) is 0 Å². The van der Waals surface area contributed by atoms with E-state index in [9.17, 15) is 9.18 Å². The quantitative estimate of drug-likeness (QED) is 0.601. The molecule has 0 aliphatic heterocycles. The highest BCUT2D eigenvalue weighted by Gasteiger charge is 2.17. The van der Waals surface area contributed by atoms with Gasteiger partial charge in [-0.25, -0.2) is 4.39 Å². The molecule has 3 nitrogen and oxygen atoms in total. The molecular formula is C21H16FN2O. The van der Waals surface area contributed by atoms with Crippen LogP contribution in [-0.4, -0.2) is 10.5 Å². The van der Waals surface area contributed by atoms with Crippen LogP contribution in [0.1, 0.15) is 21.5 Å². The Morgan fingerprint density at radius 3 is 2.68 bits per heavy atom. The monoisotopic (exact) mass is 331 g/mol. The molecule has 0 atom stereocenters. The van der Waals surface area contributed by atoms with Gasteiger partial charge < -0.3 is 10.3 Å². The maximum atomic E-state index is 13.8. The van der Waals surface area contributed by atoms with Gasteiger partial charge in [0.25, 0.3) is 0 Å². The average Bonchev–Trinajstić information content (AvgIpc) is 2.88. The van der Waals surface area contributed by atoms with Crippen molar-refractivity contribution < 1.29 is 9.18 Å². The Balaban J connectivity index is 2.05. The van der Waals surface area contributed by atoms with Crippen LogP contribution >= 0.6 is 0 Å². The minimum absolute atomic E-state index is 0.382. The Morgan fingerprint density at radius 1 is 1.12 bits per heavy atom. The predicted molar refractivity (Wildman–Crippen MR) is 97.0 cm³/mol. The predicted octanol–water partition coefficient (Wildman–Crippen LogP) is 4.19. The Morgan fingerprint density at radius 2 is 1.92 bits per heavy atom. The third-order valence-corrected chi connectivity index (χ3v) is 4.45. The number of hydrogen-bond acceptors (Lipinski definition) is 1. The second kappa shape index (κ2) is 5.74. The highest BCUT2D eigenvalue weighted by Crippen LogP contribution is 2.32. The fourth-order valence-electron chi connectivity index (χ4n) is 3.40. The molecule has 0 saturated heterocycles. The van der Waals surface area contributed by atoms with Crippen LogP contribution in [0.4, 0.5) is 4.39 Å². The fourth-order valence-corrected chi connectivity index (χ4v) is 3.40. The van der Waals surface area contributed by atoms with E-state index in [1.54, 1.807) is 18.2 Å². The van der Waals surface area contributed by atoms with Crippen LogP contribution < -0.4 is 5.73 Å². The second-order valence-corrected chi connectivity index (χ2v) is 6.21. The third kappa shape index (κ3) is 2.56. The number of nitrogens with two attached hydrogens (primary N) is 1. The number of carbonyl (C=O) groups excluding carboxylic acids is 1. The number of aryl methyl sites for hydroxylation is 1. The summed E-state index contributed by atoms with van der Waals surface area (Å²) in [6.07, 6.45) is 0. The largest absolute Gasteiger partial charge is 0.366 e. The van der Waals surface area contributed by atoms with Crippen LogP contribution in [0.3, 0.4) is 0 Å². The molecule has 0 aliphatic rings. The SMILES string of the molecule is Cc1cccc(Cn2c3ccc(F)[c]c3c3c(C(N)=O)cccc32)c1. The lowest BCUT2D eigenvalue weighted by atomic mass is 10.1. The van der Waals surface area contributed by atoms with E-state index < -0.39 is 11.7 Å². The molecule has 123 valence electrons. The van der Waals surface area contributed by atoms with Crippen molar-refractivity contribution in [1.29, 1.82) is 0 Å². The van der Waals surface area contributed by atoms with E-state index in [0.717, 1.165) is 16.6 Å². The minimum Gasteiger partial charge on any atom is -0.366 e. The van der Waals surface area contributed by atoms with Gasteiger partial charge in [-0.05, 0) is 36.8 Å². The molecule has 0 unspecified atom stereocenters. The first kappa shape index (κ1) is 15.4. The van der Waals surface area contributed by atoms with Crippen molar-refractivity contribution in [3.63, 3.8) is 0 Å². The van der Waals surface area contributed by atoms with Crippen molar-refractivity contribution >= 4 is 27.7 Å². The van der Waals surface area contributed by atoms with E-state index in [1.165, 1.54) is 11.6 Å². The van der Waals surface area contributed by atoms with E-state index in [4.69, 9.17) is 5.73 Å². The molecule has 0 saturated carbocycles. The second-order valence-electron chi connectivity index (χ2n) is 6.21. The fraction of sp³-hybridized carbons (Fsp3) is 0.0952. The van der Waals surface area contributed by atoms with E-state index >= 15 is 0 Å². The summed E-state index contributed by atoms with van der Waals surface area (Å²) in [5, 5.41) is 1.23. The lowest BCUT2D eigenvalue weighted by molar-refractivity contribution is 0.100. The number of benzene rings is 3. The van der Waals surface area contributed by atoms with Crippen molar-refractivity contribution in [2.45, 2.75) is 13.5 Å². The van der Waals surface area contributed by atoms with Crippen LogP contribution in [0.15, 0.2) is 54.6 Å². The van der Waals surface area contributed by atoms with Gasteiger partial charge in [0.05, 0.1) is 11.0 Å². The lowest BCUT2D eigenvalue weighted by Gasteiger charge is -2.09. The molecule has 1 amide bonds. The smallest absolute Gasteiger partial charge is 0.249 e. The summed E-state index contributed by atoms with van der Waals surface area (Å²) >= 11 is 0. The number of rotatable bonds is 3. The van der Waals surface area contributed by atoms with Crippen molar-refractivity contribution in [2.24, 2.45) is 5.73 Å². The molecule has 2 N–H and O–H groups in total. The highest BCUT2D eigenvalue weighted by molar-refractivity contribution is 6.17. The number of halogens is 1. The Bertz CT molecular complexity index is 1130. The van der Waals surface area contributed by atoms with Gasteiger partial charge >= 0.3 is 0 Å². The zero-order valence-electron chi connectivity index (χ0n) is 13.7. The lowest BCUT2D eigenvalue weighted by Crippen LogP contribution is -2.11. The molecule has 4 heteroatoms. The molecule has 25 heavy (non-hydrogen) atoms. The zero-order valence-corrected chi connectivity index (χ0v) is 13.7. The first-order chi connectivity index (χ1) is 12.0. The molecule has 4 aromatic rings. The summed E-state index contributed by atoms with van der Waals surface area (Å²) in [6.45, 7) is 2.66. The Labute approximate surface area is 144 Å². The van der Waals surface area contributed by atoms with Crippen molar-refractivity contribution in [1.82, 2.24) is 4.57 Å². The Kier molecular flexibility index (Phi) is 3.53. The number of hydrogen-bond donors (Lipinski definition) is 1. The average molecular weight is 331 g/mol. The summed E-state index contributed by atoms with van der Waals surface area (Å²) in [4.78, 5) is 11.9. The van der Waals surface area contributed by atoms with Crippen molar-refractivity contribution in [2.75, 3.05) is 0 Å². The standard InChI is InChI=1S/C21H16FN2O/c1-13-4-2-5-14(10-13)12-24-18-9-8-15(22)11-17(18)20-16(21(23)25)6-3-7-19(20)24/h2-10H,12H2,1H3,(H2,23,25). The van der Waals surface area contributed by atoms with Crippen LogP contribution in [-0.2, 0) is 6.54 Å². The van der Waals surface area contributed by atoms with Gasteiger partial charge in [0.2, 0.25) is 5.91 Å². The number of primary amides is 1. The number of nitrogens with zero attached hydrogens (tertiary/aromatic N) is 1. The van der Waals surface area contributed by atoms with Crippen LogP contribution in [0, 0.1) is 18.8 Å². The molecule has 1 radical (unpaired) electrons. The molecule has 4 rings (SSSR count). The molecular weight excluding hydrogens is 315 g/mol. The van der Waals surface area contributed by atoms with Crippen molar-refractivity contribution in [3.8, 4) is 0 Å². The van der Waals surface area contributed by atoms with E-state index in [0.29, 0.717) is 22.9 Å². The number of fused-ring (bicyclic) bond motifs is 3. The van der Waals surface area contributed by atoms with Crippen LogP contribution in [0.25, 0.3) is 21.8 Å². The van der Waals surface area contributed by atoms with Crippen LogP contribution in [0.5, 0.6) is 0 Å². The van der Waals surface area contributed by atoms with Gasteiger partial charge in [0, 0.05) is 28.9 Å². The third-order valence-electron chi connectivity index (χ3n) is 4.45. The molecule has 0 fully saturated rings. The summed E-state index contributed by atoms with van der Waals surface area (Å²) < 4.78 is 15.9. The first-order valence-electron chi connectivity index (χ1n) is 8.02. The summed E-state index contributed by atoms with van der Waals surface area (Å²) in [5.74, 6) is -0.987. The van der Waals surface area contributed by atoms with Gasteiger partial charge in [-0.2, -0.15) is 0 Å². The molecule has 1 heterocycles. The normalized spacial score (nSPS) is 11.3. The topological polar surface area (TPSA) is 48.0 Å². The summed E-state index contributed by atoms with van der Waals surface area (Å²) in [7, 11) is 0. The van der Waals surface area contributed by atoms with Gasteiger partial charge in [0.15, 0.2) is 0 Å². The number of amides is 1. The summed E-state index contributed by atoms with van der Waals surface area (Å²) in [6, 6.07) is 19.5. The molecule has 0 aliphatic carbocycles. The first-order valence-corrected chi connectivity index (χ1v) is 8.02. The molecule has 0 bridgehead atoms. The Hall–Kier alpha value is -3.14. The molecule has 3 aromatic carbocycles. The van der Waals surface area contributed by atoms with Crippen LogP contribution in [0.2, 0.25) is 0 Å². The van der Waals surface area contributed by atoms with E-state index in [1.807, 2.05) is 25.1 Å². The van der Waals surface area contributed by atoms with Gasteiger partial charge in [-0.3, -0.25) is 4.79 Å². The number of carbonyl (C=O) groups is 1. The van der Waals surface area contributed by atoms with Gasteiger partial charge in [-0.1, -0.05) is 35.9 Å². The highest BCUT2D eigenvalue weighted by atomic mass is 19.1. The number of aromatic nitrogens is 1. The zero-order chi connectivity index (χ0) is 17.6. The maximum absolute atomic E-state index is 13.8.